The molecule has 1 N–H and O–H groups in total. The molecular formula is C28H20Br2N2O3S. The molecule has 36 heavy (non-hydrogen) atoms. The number of rotatable bonds is 6. The third-order valence-corrected chi connectivity index (χ3v) is 7.56. The summed E-state index contributed by atoms with van der Waals surface area (Å²) in [6, 6.07) is 25.8. The first kappa shape index (κ1) is 24.6. The van der Waals surface area contributed by atoms with E-state index in [0.717, 1.165) is 31.5 Å². The molecule has 4 aromatic rings. The summed E-state index contributed by atoms with van der Waals surface area (Å²) in [5, 5.41) is 5.73. The lowest BCUT2D eigenvalue weighted by molar-refractivity contribution is -0.115. The third kappa shape index (κ3) is 5.67. The number of hydrogen-bond acceptors (Lipinski definition) is 5. The van der Waals surface area contributed by atoms with E-state index in [-0.39, 0.29) is 5.91 Å². The van der Waals surface area contributed by atoms with Crippen molar-refractivity contribution >= 4 is 77.2 Å². The first-order chi connectivity index (χ1) is 17.5. The number of amidine groups is 1. The number of nitrogens with one attached hydrogen (secondary N) is 1. The van der Waals surface area contributed by atoms with E-state index in [0.29, 0.717) is 22.4 Å². The van der Waals surface area contributed by atoms with Gasteiger partial charge in [-0.05, 0) is 114 Å². The van der Waals surface area contributed by atoms with Crippen LogP contribution in [0.3, 0.4) is 0 Å². The second-order valence-electron chi connectivity index (χ2n) is 7.96. The van der Waals surface area contributed by atoms with Gasteiger partial charge in [-0.15, -0.1) is 0 Å². The number of fused-ring (bicyclic) bond motifs is 1. The molecule has 1 saturated heterocycles. The number of ether oxygens (including phenoxy) is 2. The van der Waals surface area contributed by atoms with Gasteiger partial charge in [0.15, 0.2) is 5.17 Å². The number of thioether (sulfide) groups is 1. The van der Waals surface area contributed by atoms with Crippen LogP contribution in [0.25, 0.3) is 16.8 Å². The Morgan fingerprint density at radius 1 is 0.944 bits per heavy atom. The van der Waals surface area contributed by atoms with Gasteiger partial charge in [-0.1, -0.05) is 36.4 Å². The highest BCUT2D eigenvalue weighted by molar-refractivity contribution is 9.11. The molecule has 5 rings (SSSR count). The molecule has 8 heteroatoms. The van der Waals surface area contributed by atoms with Gasteiger partial charge in [0.25, 0.3) is 5.91 Å². The van der Waals surface area contributed by atoms with Crippen LogP contribution in [0.15, 0.2) is 97.7 Å². The number of halogens is 2. The molecule has 1 heterocycles. The van der Waals surface area contributed by atoms with Crippen molar-refractivity contribution in [3.8, 4) is 11.5 Å². The lowest BCUT2D eigenvalue weighted by atomic mass is 10.1. The summed E-state index contributed by atoms with van der Waals surface area (Å²) in [5.41, 5.74) is 2.68. The lowest BCUT2D eigenvalue weighted by Gasteiger charge is -2.12. The number of aliphatic imine (C=N–C) groups is 1. The minimum Gasteiger partial charge on any atom is -0.497 e. The maximum Gasteiger partial charge on any atom is 0.264 e. The molecule has 5 nitrogen and oxygen atoms in total. The molecule has 0 bridgehead atoms. The first-order valence-corrected chi connectivity index (χ1v) is 13.4. The van der Waals surface area contributed by atoms with E-state index in [1.807, 2.05) is 54.6 Å². The van der Waals surface area contributed by atoms with Crippen molar-refractivity contribution in [1.29, 1.82) is 0 Å². The molecule has 0 atom stereocenters. The number of nitrogens with zero attached hydrogens (tertiary/aromatic N) is 1. The number of carbonyl (C=O) groups excluding carboxylic acids is 1. The Labute approximate surface area is 229 Å². The topological polar surface area (TPSA) is 59.9 Å². The molecule has 1 aliphatic rings. The van der Waals surface area contributed by atoms with Gasteiger partial charge in [0.2, 0.25) is 0 Å². The average Bonchev–Trinajstić information content (AvgIpc) is 3.22. The van der Waals surface area contributed by atoms with Crippen LogP contribution >= 0.6 is 43.6 Å². The maximum atomic E-state index is 12.5. The summed E-state index contributed by atoms with van der Waals surface area (Å²) in [5.74, 6) is 1.27. The zero-order valence-electron chi connectivity index (χ0n) is 19.1. The second-order valence-corrected chi connectivity index (χ2v) is 10.7. The normalized spacial score (nSPS) is 15.5. The summed E-state index contributed by atoms with van der Waals surface area (Å²) in [7, 11) is 1.62. The largest absolute Gasteiger partial charge is 0.497 e. The molecular weight excluding hydrogens is 604 g/mol. The molecule has 0 aliphatic carbocycles. The highest BCUT2D eigenvalue weighted by Crippen LogP contribution is 2.37. The zero-order valence-corrected chi connectivity index (χ0v) is 23.1. The fraction of sp³-hybridized carbons (Fsp3) is 0.0714. The van der Waals surface area contributed by atoms with Crippen molar-refractivity contribution in [2.45, 2.75) is 6.61 Å². The Morgan fingerprint density at radius 2 is 1.67 bits per heavy atom. The van der Waals surface area contributed by atoms with Crippen LogP contribution in [-0.2, 0) is 11.4 Å². The smallest absolute Gasteiger partial charge is 0.264 e. The number of benzene rings is 4. The molecule has 0 unspecified atom stereocenters. The number of hydrogen-bond donors (Lipinski definition) is 1. The molecule has 1 aliphatic heterocycles. The van der Waals surface area contributed by atoms with E-state index in [1.54, 1.807) is 7.11 Å². The van der Waals surface area contributed by atoms with Gasteiger partial charge in [-0.2, -0.15) is 0 Å². The SMILES string of the molecule is COc1ccc(N=C2NC(=O)/C(=C\c3cc(Br)c(OCc4ccc5ccccc5c4)c(Br)c3)S2)cc1. The van der Waals surface area contributed by atoms with Crippen LogP contribution in [0.1, 0.15) is 11.1 Å². The summed E-state index contributed by atoms with van der Waals surface area (Å²) in [6.07, 6.45) is 1.83. The summed E-state index contributed by atoms with van der Waals surface area (Å²) in [6.45, 7) is 0.436. The maximum absolute atomic E-state index is 12.5. The van der Waals surface area contributed by atoms with Crippen molar-refractivity contribution in [1.82, 2.24) is 5.32 Å². The van der Waals surface area contributed by atoms with Gasteiger partial charge in [-0.25, -0.2) is 4.99 Å². The van der Waals surface area contributed by atoms with Crippen LogP contribution in [0.5, 0.6) is 11.5 Å². The Bertz CT molecular complexity index is 1490. The van der Waals surface area contributed by atoms with E-state index in [1.165, 1.54) is 22.5 Å². The third-order valence-electron chi connectivity index (χ3n) is 5.47. The number of amides is 1. The van der Waals surface area contributed by atoms with Gasteiger partial charge in [-0.3, -0.25) is 4.79 Å². The highest BCUT2D eigenvalue weighted by atomic mass is 79.9. The van der Waals surface area contributed by atoms with Crippen molar-refractivity contribution in [2.75, 3.05) is 7.11 Å². The van der Waals surface area contributed by atoms with Crippen molar-refractivity contribution in [2.24, 2.45) is 4.99 Å². The summed E-state index contributed by atoms with van der Waals surface area (Å²) < 4.78 is 12.9. The summed E-state index contributed by atoms with van der Waals surface area (Å²) >= 11 is 8.54. The predicted octanol–water partition coefficient (Wildman–Crippen LogP) is 7.84. The Kier molecular flexibility index (Phi) is 7.46. The number of carbonyl (C=O) groups is 1. The molecule has 1 fully saturated rings. The van der Waals surface area contributed by atoms with Crippen molar-refractivity contribution in [3.63, 3.8) is 0 Å². The summed E-state index contributed by atoms with van der Waals surface area (Å²) in [4.78, 5) is 17.6. The van der Waals surface area contributed by atoms with Gasteiger partial charge >= 0.3 is 0 Å². The lowest BCUT2D eigenvalue weighted by Crippen LogP contribution is -2.19. The quantitative estimate of drug-likeness (QED) is 0.222. The van der Waals surface area contributed by atoms with Gasteiger partial charge in [0.05, 0.1) is 26.6 Å². The standard InChI is InChI=1S/C28H20Br2N2O3S/c1-34-22-10-8-21(9-11-22)31-28-32-27(33)25(36-28)15-18-13-23(29)26(24(30)14-18)35-16-17-6-7-19-4-2-3-5-20(19)12-17/h2-15H,16H2,1H3,(H,31,32,33)/b25-15+. The molecule has 0 radical (unpaired) electrons. The predicted molar refractivity (Wildman–Crippen MR) is 154 cm³/mol. The average molecular weight is 624 g/mol. The molecule has 1 amide bonds. The second kappa shape index (κ2) is 10.9. The monoisotopic (exact) mass is 622 g/mol. The van der Waals surface area contributed by atoms with Crippen LogP contribution in [0.4, 0.5) is 5.69 Å². The minimum atomic E-state index is -0.184. The van der Waals surface area contributed by atoms with E-state index in [2.05, 4.69) is 72.5 Å². The van der Waals surface area contributed by atoms with Crippen molar-refractivity contribution in [3.05, 3.63) is 104 Å². The minimum absolute atomic E-state index is 0.184. The fourth-order valence-corrected chi connectivity index (χ4v) is 5.98. The van der Waals surface area contributed by atoms with Crippen LogP contribution in [-0.4, -0.2) is 18.2 Å². The molecule has 180 valence electrons. The first-order valence-electron chi connectivity index (χ1n) is 11.0. The Balaban J connectivity index is 1.30. The van der Waals surface area contributed by atoms with Gasteiger partial charge < -0.3 is 14.8 Å². The van der Waals surface area contributed by atoms with E-state index < -0.39 is 0 Å². The van der Waals surface area contributed by atoms with Crippen molar-refractivity contribution < 1.29 is 14.3 Å². The Morgan fingerprint density at radius 3 is 2.39 bits per heavy atom. The van der Waals surface area contributed by atoms with Crippen LogP contribution in [0.2, 0.25) is 0 Å². The van der Waals surface area contributed by atoms with Crippen LogP contribution < -0.4 is 14.8 Å². The highest BCUT2D eigenvalue weighted by Gasteiger charge is 2.24. The van der Waals surface area contributed by atoms with Gasteiger partial charge in [0.1, 0.15) is 18.1 Å². The zero-order chi connectivity index (χ0) is 25.1. The molecule has 4 aromatic carbocycles. The fourth-order valence-electron chi connectivity index (χ4n) is 3.69. The van der Waals surface area contributed by atoms with Crippen LogP contribution in [0, 0.1) is 0 Å². The number of methoxy groups -OCH3 is 1. The molecule has 0 saturated carbocycles. The molecule has 0 aromatic heterocycles. The van der Waals surface area contributed by atoms with Gasteiger partial charge in [0, 0.05) is 0 Å². The molecule has 0 spiro atoms. The van der Waals surface area contributed by atoms with E-state index >= 15 is 0 Å². The van der Waals surface area contributed by atoms with E-state index in [4.69, 9.17) is 9.47 Å². The van der Waals surface area contributed by atoms with E-state index in [9.17, 15) is 4.79 Å². The Hall–Kier alpha value is -3.07.